The van der Waals surface area contributed by atoms with Gasteiger partial charge in [0.05, 0.1) is 18.2 Å². The quantitative estimate of drug-likeness (QED) is 0.863. The van der Waals surface area contributed by atoms with Crippen molar-refractivity contribution in [3.05, 3.63) is 48.0 Å². The Bertz CT molecular complexity index is 807. The molecule has 0 saturated carbocycles. The molecule has 0 spiro atoms. The Morgan fingerprint density at radius 2 is 2.04 bits per heavy atom. The Hall–Kier alpha value is -3.07. The molecule has 3 rings (SSSR count). The molecular formula is C20H22N4O2. The fourth-order valence-corrected chi connectivity index (χ4v) is 3.29. The standard InChI is InChI=1S/C20H22N4O2/c21-10-7-15-3-1-4-17(13-15)18-5-2-6-19(23-18)24-11-8-16(9-12-24)14-22-20(25)26/h1-6,13,16,22H,7-9,11-12,14H2,(H,25,26). The molecule has 2 heterocycles. The van der Waals surface area contributed by atoms with Gasteiger partial charge in [-0.3, -0.25) is 0 Å². The van der Waals surface area contributed by atoms with Crippen LogP contribution >= 0.6 is 0 Å². The fourth-order valence-electron chi connectivity index (χ4n) is 3.29. The summed E-state index contributed by atoms with van der Waals surface area (Å²) < 4.78 is 0. The number of nitriles is 1. The number of aromatic nitrogens is 1. The number of pyridine rings is 1. The number of carbonyl (C=O) groups is 1. The van der Waals surface area contributed by atoms with Crippen molar-refractivity contribution in [3.63, 3.8) is 0 Å². The summed E-state index contributed by atoms with van der Waals surface area (Å²) in [5, 5.41) is 20.1. The number of nitrogens with zero attached hydrogens (tertiary/aromatic N) is 3. The molecule has 2 aromatic rings. The molecule has 1 amide bonds. The Kier molecular flexibility index (Phi) is 5.69. The second-order valence-corrected chi connectivity index (χ2v) is 6.53. The zero-order valence-corrected chi connectivity index (χ0v) is 14.6. The molecule has 0 bridgehead atoms. The zero-order chi connectivity index (χ0) is 18.4. The van der Waals surface area contributed by atoms with E-state index in [0.717, 1.165) is 48.6 Å². The third-order valence-corrected chi connectivity index (χ3v) is 4.72. The van der Waals surface area contributed by atoms with E-state index in [4.69, 9.17) is 15.4 Å². The van der Waals surface area contributed by atoms with E-state index < -0.39 is 6.09 Å². The van der Waals surface area contributed by atoms with Crippen molar-refractivity contribution >= 4 is 11.9 Å². The van der Waals surface area contributed by atoms with Gasteiger partial charge in [0.1, 0.15) is 5.82 Å². The minimum Gasteiger partial charge on any atom is -0.465 e. The van der Waals surface area contributed by atoms with Gasteiger partial charge in [-0.2, -0.15) is 5.26 Å². The average Bonchev–Trinajstić information content (AvgIpc) is 2.67. The summed E-state index contributed by atoms with van der Waals surface area (Å²) in [4.78, 5) is 17.7. The van der Waals surface area contributed by atoms with Gasteiger partial charge in [0.2, 0.25) is 0 Å². The molecule has 1 aliphatic heterocycles. The van der Waals surface area contributed by atoms with Crippen LogP contribution in [0.4, 0.5) is 10.6 Å². The maximum atomic E-state index is 10.6. The van der Waals surface area contributed by atoms with E-state index in [9.17, 15) is 4.79 Å². The van der Waals surface area contributed by atoms with Gasteiger partial charge >= 0.3 is 6.09 Å². The third kappa shape index (κ3) is 4.51. The van der Waals surface area contributed by atoms with Crippen LogP contribution in [0.3, 0.4) is 0 Å². The van der Waals surface area contributed by atoms with E-state index in [2.05, 4.69) is 16.3 Å². The normalized spacial score (nSPS) is 14.7. The smallest absolute Gasteiger partial charge is 0.404 e. The first kappa shape index (κ1) is 17.7. The van der Waals surface area contributed by atoms with Gasteiger partial charge < -0.3 is 15.3 Å². The van der Waals surface area contributed by atoms with E-state index in [1.807, 2.05) is 42.5 Å². The van der Waals surface area contributed by atoms with E-state index >= 15 is 0 Å². The minimum absolute atomic E-state index is 0.383. The van der Waals surface area contributed by atoms with Crippen molar-refractivity contribution in [2.75, 3.05) is 24.5 Å². The van der Waals surface area contributed by atoms with E-state index in [-0.39, 0.29) is 0 Å². The van der Waals surface area contributed by atoms with Crippen molar-refractivity contribution in [1.29, 1.82) is 5.26 Å². The first-order chi connectivity index (χ1) is 12.7. The average molecular weight is 350 g/mol. The highest BCUT2D eigenvalue weighted by molar-refractivity contribution is 5.64. The summed E-state index contributed by atoms with van der Waals surface area (Å²) >= 11 is 0. The number of anilines is 1. The Balaban J connectivity index is 1.68. The number of nitrogens with one attached hydrogen (secondary N) is 1. The molecular weight excluding hydrogens is 328 g/mol. The lowest BCUT2D eigenvalue weighted by Gasteiger charge is -2.32. The number of amides is 1. The van der Waals surface area contributed by atoms with Crippen LogP contribution in [-0.2, 0) is 6.42 Å². The third-order valence-electron chi connectivity index (χ3n) is 4.72. The van der Waals surface area contributed by atoms with Crippen molar-refractivity contribution in [1.82, 2.24) is 10.3 Å². The van der Waals surface area contributed by atoms with Crippen LogP contribution in [0.25, 0.3) is 11.3 Å². The van der Waals surface area contributed by atoms with E-state index in [1.54, 1.807) is 0 Å². The van der Waals surface area contributed by atoms with Crippen LogP contribution in [0.15, 0.2) is 42.5 Å². The number of rotatable bonds is 5. The first-order valence-electron chi connectivity index (χ1n) is 8.81. The first-order valence-corrected chi connectivity index (χ1v) is 8.81. The van der Waals surface area contributed by atoms with Gasteiger partial charge in [-0.1, -0.05) is 24.3 Å². The SMILES string of the molecule is N#CCc1cccc(-c2cccc(N3CCC(CNC(=O)O)CC3)n2)c1. The molecule has 0 atom stereocenters. The molecule has 0 unspecified atom stereocenters. The summed E-state index contributed by atoms with van der Waals surface area (Å²) in [6.07, 6.45) is 1.33. The molecule has 0 radical (unpaired) electrons. The highest BCUT2D eigenvalue weighted by Crippen LogP contribution is 2.25. The van der Waals surface area contributed by atoms with Gasteiger partial charge in [0.15, 0.2) is 0 Å². The van der Waals surface area contributed by atoms with E-state index in [0.29, 0.717) is 18.9 Å². The number of carboxylic acid groups (broad SMARTS) is 1. The molecule has 6 heteroatoms. The second kappa shape index (κ2) is 8.34. The van der Waals surface area contributed by atoms with Gasteiger partial charge in [-0.25, -0.2) is 9.78 Å². The number of hydrogen-bond donors (Lipinski definition) is 2. The second-order valence-electron chi connectivity index (χ2n) is 6.53. The number of piperidine rings is 1. The predicted octanol–water partition coefficient (Wildman–Crippen LogP) is 3.30. The lowest BCUT2D eigenvalue weighted by Crippen LogP contribution is -2.38. The summed E-state index contributed by atoms with van der Waals surface area (Å²) in [5.41, 5.74) is 2.90. The topological polar surface area (TPSA) is 89.2 Å². The summed E-state index contributed by atoms with van der Waals surface area (Å²) in [6.45, 7) is 2.26. The zero-order valence-electron chi connectivity index (χ0n) is 14.6. The van der Waals surface area contributed by atoms with Gasteiger partial charge in [-0.15, -0.1) is 0 Å². The Morgan fingerprint density at radius 1 is 1.27 bits per heavy atom. The Labute approximate surface area is 153 Å². The molecule has 1 fully saturated rings. The molecule has 2 N–H and O–H groups in total. The molecule has 134 valence electrons. The number of hydrogen-bond acceptors (Lipinski definition) is 4. The molecule has 6 nitrogen and oxygen atoms in total. The van der Waals surface area contributed by atoms with Crippen LogP contribution in [-0.4, -0.2) is 35.8 Å². The molecule has 0 aliphatic carbocycles. The van der Waals surface area contributed by atoms with Crippen molar-refractivity contribution in [3.8, 4) is 17.3 Å². The monoisotopic (exact) mass is 350 g/mol. The summed E-state index contributed by atoms with van der Waals surface area (Å²) in [6, 6.07) is 16.1. The lowest BCUT2D eigenvalue weighted by molar-refractivity contribution is 0.191. The van der Waals surface area contributed by atoms with Crippen molar-refractivity contribution < 1.29 is 9.90 Å². The fraction of sp³-hybridized carbons (Fsp3) is 0.350. The summed E-state index contributed by atoms with van der Waals surface area (Å²) in [5.74, 6) is 1.33. The number of benzene rings is 1. The van der Waals surface area contributed by atoms with E-state index in [1.165, 1.54) is 0 Å². The van der Waals surface area contributed by atoms with Crippen LogP contribution in [0.5, 0.6) is 0 Å². The molecule has 26 heavy (non-hydrogen) atoms. The molecule has 1 saturated heterocycles. The molecule has 1 aromatic carbocycles. The van der Waals surface area contributed by atoms with Crippen molar-refractivity contribution in [2.24, 2.45) is 5.92 Å². The molecule has 1 aromatic heterocycles. The maximum Gasteiger partial charge on any atom is 0.404 e. The largest absolute Gasteiger partial charge is 0.465 e. The lowest BCUT2D eigenvalue weighted by atomic mass is 9.97. The predicted molar refractivity (Wildman–Crippen MR) is 100.0 cm³/mol. The highest BCUT2D eigenvalue weighted by Gasteiger charge is 2.20. The Morgan fingerprint density at radius 3 is 2.77 bits per heavy atom. The van der Waals surface area contributed by atoms with Gasteiger partial charge in [0.25, 0.3) is 0 Å². The molecule has 1 aliphatic rings. The minimum atomic E-state index is -0.958. The maximum absolute atomic E-state index is 10.6. The van der Waals surface area contributed by atoms with Crippen LogP contribution in [0.2, 0.25) is 0 Å². The van der Waals surface area contributed by atoms with Crippen molar-refractivity contribution in [2.45, 2.75) is 19.3 Å². The van der Waals surface area contributed by atoms with Crippen LogP contribution < -0.4 is 10.2 Å². The van der Waals surface area contributed by atoms with Crippen LogP contribution in [0.1, 0.15) is 18.4 Å². The van der Waals surface area contributed by atoms with Crippen LogP contribution in [0, 0.1) is 17.2 Å². The summed E-state index contributed by atoms with van der Waals surface area (Å²) in [7, 11) is 0. The highest BCUT2D eigenvalue weighted by atomic mass is 16.4. The van der Waals surface area contributed by atoms with Gasteiger partial charge in [-0.05, 0) is 42.5 Å². The van der Waals surface area contributed by atoms with Gasteiger partial charge in [0, 0.05) is 25.2 Å².